The molecule has 4 rings (SSSR count). The van der Waals surface area contributed by atoms with Crippen LogP contribution in [0.4, 0.5) is 10.5 Å². The van der Waals surface area contributed by atoms with Crippen molar-refractivity contribution < 1.29 is 9.59 Å². The lowest BCUT2D eigenvalue weighted by molar-refractivity contribution is -0.129. The molecular weight excluding hydrogens is 366 g/mol. The van der Waals surface area contributed by atoms with E-state index in [1.807, 2.05) is 61.5 Å². The number of aryl methyl sites for hydroxylation is 1. The quantitative estimate of drug-likeness (QED) is 0.625. The van der Waals surface area contributed by atoms with Crippen LogP contribution in [0.5, 0.6) is 0 Å². The van der Waals surface area contributed by atoms with Crippen molar-refractivity contribution in [1.29, 1.82) is 0 Å². The van der Waals surface area contributed by atoms with Crippen molar-refractivity contribution in [2.45, 2.75) is 25.9 Å². The molecule has 0 unspecified atom stereocenters. The molecule has 0 radical (unpaired) electrons. The lowest BCUT2D eigenvalue weighted by Crippen LogP contribution is -2.43. The fraction of sp³-hybridized carbons (Fsp3) is 0.227. The molecule has 1 saturated heterocycles. The second-order valence-electron chi connectivity index (χ2n) is 7.23. The number of anilines is 1. The van der Waals surface area contributed by atoms with Crippen LogP contribution in [0.1, 0.15) is 17.5 Å². The molecule has 1 fully saturated rings. The maximum atomic E-state index is 12.6. The minimum Gasteiger partial charge on any atom is -0.336 e. The molecule has 1 aliphatic rings. The van der Waals surface area contributed by atoms with Gasteiger partial charge in [0.1, 0.15) is 6.04 Å². The Bertz CT molecular complexity index is 981. The van der Waals surface area contributed by atoms with E-state index in [2.05, 4.69) is 20.8 Å². The van der Waals surface area contributed by atoms with Gasteiger partial charge in [-0.25, -0.2) is 4.79 Å². The average Bonchev–Trinajstić information content (AvgIpc) is 3.36. The van der Waals surface area contributed by atoms with Crippen LogP contribution < -0.4 is 10.6 Å². The number of nitrogens with one attached hydrogen (secondary N) is 3. The summed E-state index contributed by atoms with van der Waals surface area (Å²) in [6, 6.07) is 16.6. The number of rotatable bonds is 5. The van der Waals surface area contributed by atoms with E-state index < -0.39 is 6.04 Å². The third-order valence-corrected chi connectivity index (χ3v) is 5.05. The molecule has 1 atom stereocenters. The van der Waals surface area contributed by atoms with Crippen LogP contribution in [0.3, 0.4) is 0 Å². The van der Waals surface area contributed by atoms with Crippen LogP contribution in [0.25, 0.3) is 11.3 Å². The first kappa shape index (κ1) is 18.7. The number of benzene rings is 2. The summed E-state index contributed by atoms with van der Waals surface area (Å²) in [5.41, 5.74) is 4.83. The lowest BCUT2D eigenvalue weighted by Gasteiger charge is -2.17. The Kier molecular flexibility index (Phi) is 5.29. The first-order valence-corrected chi connectivity index (χ1v) is 9.60. The Morgan fingerprint density at radius 3 is 2.59 bits per heavy atom. The fourth-order valence-corrected chi connectivity index (χ4v) is 3.42. The number of carbonyl (C=O) groups is 2. The first-order chi connectivity index (χ1) is 14.1. The van der Waals surface area contributed by atoms with E-state index in [1.165, 1.54) is 5.56 Å². The van der Waals surface area contributed by atoms with Crippen molar-refractivity contribution in [2.75, 3.05) is 11.9 Å². The summed E-state index contributed by atoms with van der Waals surface area (Å²) in [7, 11) is 0. The van der Waals surface area contributed by atoms with E-state index >= 15 is 0 Å². The number of carbonyl (C=O) groups excluding carboxylic acids is 2. The van der Waals surface area contributed by atoms with Crippen molar-refractivity contribution in [1.82, 2.24) is 20.4 Å². The molecular formula is C22H23N5O2. The summed E-state index contributed by atoms with van der Waals surface area (Å²) in [5.74, 6) is -0.0460. The van der Waals surface area contributed by atoms with Gasteiger partial charge in [-0.15, -0.1) is 0 Å². The average molecular weight is 389 g/mol. The summed E-state index contributed by atoms with van der Waals surface area (Å²) in [6.07, 6.45) is 2.30. The van der Waals surface area contributed by atoms with Gasteiger partial charge in [0, 0.05) is 25.0 Å². The van der Waals surface area contributed by atoms with E-state index in [9.17, 15) is 9.59 Å². The van der Waals surface area contributed by atoms with Gasteiger partial charge in [0.15, 0.2) is 0 Å². The van der Waals surface area contributed by atoms with Crippen LogP contribution in [0.2, 0.25) is 0 Å². The topological polar surface area (TPSA) is 90.1 Å². The minimum absolute atomic E-state index is 0.0460. The van der Waals surface area contributed by atoms with Crippen LogP contribution in [-0.4, -0.2) is 39.6 Å². The number of hydrogen-bond acceptors (Lipinski definition) is 3. The SMILES string of the molecule is Cc1ccc(CN2CC[C@@H](NC(=O)Nc3ccc(-c4ccn[nH]4)cc3)C2=O)cc1. The molecule has 3 aromatic rings. The Labute approximate surface area is 169 Å². The second kappa shape index (κ2) is 8.18. The summed E-state index contributed by atoms with van der Waals surface area (Å²) < 4.78 is 0. The van der Waals surface area contributed by atoms with Crippen molar-refractivity contribution in [3.8, 4) is 11.3 Å². The van der Waals surface area contributed by atoms with Crippen LogP contribution in [0.15, 0.2) is 60.8 Å². The third kappa shape index (κ3) is 4.45. The minimum atomic E-state index is -0.496. The molecule has 0 saturated carbocycles. The van der Waals surface area contributed by atoms with E-state index in [1.54, 1.807) is 11.1 Å². The molecule has 1 aromatic heterocycles. The maximum absolute atomic E-state index is 12.6. The van der Waals surface area contributed by atoms with Crippen LogP contribution in [-0.2, 0) is 11.3 Å². The number of urea groups is 1. The number of likely N-dealkylation sites (tertiary alicyclic amines) is 1. The summed E-state index contributed by atoms with van der Waals surface area (Å²) in [4.78, 5) is 26.7. The Balaban J connectivity index is 1.30. The lowest BCUT2D eigenvalue weighted by atomic mass is 10.1. The maximum Gasteiger partial charge on any atom is 0.319 e. The molecule has 3 amide bonds. The van der Waals surface area contributed by atoms with Crippen LogP contribution in [0, 0.1) is 6.92 Å². The van der Waals surface area contributed by atoms with Crippen molar-refractivity contribution in [3.05, 3.63) is 71.9 Å². The highest BCUT2D eigenvalue weighted by Crippen LogP contribution is 2.19. The summed E-state index contributed by atoms with van der Waals surface area (Å²) in [5, 5.41) is 12.4. The molecule has 0 aliphatic carbocycles. The number of nitrogens with zero attached hydrogens (tertiary/aromatic N) is 2. The van der Waals surface area contributed by atoms with Crippen LogP contribution >= 0.6 is 0 Å². The number of aromatic nitrogens is 2. The zero-order valence-corrected chi connectivity index (χ0v) is 16.2. The van der Waals surface area contributed by atoms with E-state index in [0.717, 1.165) is 16.8 Å². The molecule has 2 aromatic carbocycles. The molecule has 3 N–H and O–H groups in total. The first-order valence-electron chi connectivity index (χ1n) is 9.60. The van der Waals surface area contributed by atoms with Gasteiger partial charge in [-0.3, -0.25) is 9.89 Å². The van der Waals surface area contributed by atoms with E-state index in [0.29, 0.717) is 25.2 Å². The zero-order valence-electron chi connectivity index (χ0n) is 16.2. The Hall–Kier alpha value is -3.61. The van der Waals surface area contributed by atoms with Gasteiger partial charge in [-0.1, -0.05) is 42.0 Å². The summed E-state index contributed by atoms with van der Waals surface area (Å²) in [6.45, 7) is 3.23. The van der Waals surface area contributed by atoms with E-state index in [4.69, 9.17) is 0 Å². The zero-order chi connectivity index (χ0) is 20.2. The summed E-state index contributed by atoms with van der Waals surface area (Å²) >= 11 is 0. The molecule has 2 heterocycles. The smallest absolute Gasteiger partial charge is 0.319 e. The molecule has 148 valence electrons. The molecule has 7 nitrogen and oxygen atoms in total. The number of amides is 3. The number of aromatic amines is 1. The molecule has 1 aliphatic heterocycles. The van der Waals surface area contributed by atoms with Gasteiger partial charge in [-0.05, 0) is 42.7 Å². The Morgan fingerprint density at radius 2 is 1.90 bits per heavy atom. The van der Waals surface area contributed by atoms with Crippen molar-refractivity contribution in [3.63, 3.8) is 0 Å². The fourth-order valence-electron chi connectivity index (χ4n) is 3.42. The largest absolute Gasteiger partial charge is 0.336 e. The van der Waals surface area contributed by atoms with Gasteiger partial charge in [-0.2, -0.15) is 5.10 Å². The highest BCUT2D eigenvalue weighted by molar-refractivity contribution is 5.94. The van der Waals surface area contributed by atoms with Crippen molar-refractivity contribution >= 4 is 17.6 Å². The van der Waals surface area contributed by atoms with Gasteiger partial charge in [0.2, 0.25) is 5.91 Å². The van der Waals surface area contributed by atoms with Gasteiger partial charge >= 0.3 is 6.03 Å². The number of H-pyrrole nitrogens is 1. The van der Waals surface area contributed by atoms with Crippen molar-refractivity contribution in [2.24, 2.45) is 0 Å². The highest BCUT2D eigenvalue weighted by atomic mass is 16.2. The van der Waals surface area contributed by atoms with E-state index in [-0.39, 0.29) is 11.9 Å². The highest BCUT2D eigenvalue weighted by Gasteiger charge is 2.32. The Morgan fingerprint density at radius 1 is 1.14 bits per heavy atom. The molecule has 0 bridgehead atoms. The molecule has 7 heteroatoms. The van der Waals surface area contributed by atoms with Gasteiger partial charge in [0.05, 0.1) is 5.69 Å². The van der Waals surface area contributed by atoms with Gasteiger partial charge in [0.25, 0.3) is 0 Å². The van der Waals surface area contributed by atoms with Gasteiger partial charge < -0.3 is 15.5 Å². The predicted octanol–water partition coefficient (Wildman–Crippen LogP) is 3.31. The normalized spacial score (nSPS) is 16.1. The predicted molar refractivity (Wildman–Crippen MR) is 111 cm³/mol. The molecule has 29 heavy (non-hydrogen) atoms. The third-order valence-electron chi connectivity index (χ3n) is 5.05. The standard InChI is InChI=1S/C22H23N5O2/c1-15-2-4-16(5-3-15)14-27-13-11-20(21(27)28)25-22(29)24-18-8-6-17(7-9-18)19-10-12-23-26-19/h2-10,12,20H,11,13-14H2,1H3,(H,23,26)(H2,24,25,29)/t20-/m1/s1. The second-order valence-corrected chi connectivity index (χ2v) is 7.23. The molecule has 0 spiro atoms. The monoisotopic (exact) mass is 389 g/mol. The number of hydrogen-bond donors (Lipinski definition) is 3.